The number of allylic oxidation sites excluding steroid dienone is 1. The molecule has 0 aromatic heterocycles. The topological polar surface area (TPSA) is 38.8 Å². The number of carbonyl (C=O) groups excluding carboxylic acids is 1. The van der Waals surface area contributed by atoms with Crippen molar-refractivity contribution >= 4 is 5.78 Å². The lowest BCUT2D eigenvalue weighted by Gasteiger charge is -2.32. The molecule has 0 amide bonds. The van der Waals surface area contributed by atoms with Crippen LogP contribution in [0.4, 0.5) is 0 Å². The van der Waals surface area contributed by atoms with Crippen LogP contribution in [-0.4, -0.2) is 31.2 Å². The van der Waals surface area contributed by atoms with Crippen LogP contribution >= 0.6 is 0 Å². The second kappa shape index (κ2) is 5.54. The Morgan fingerprint density at radius 3 is 2.83 bits per heavy atom. The van der Waals surface area contributed by atoms with Crippen LogP contribution in [0.2, 0.25) is 0 Å². The van der Waals surface area contributed by atoms with Crippen molar-refractivity contribution in [2.24, 2.45) is 11.8 Å². The van der Waals surface area contributed by atoms with E-state index >= 15 is 0 Å². The minimum Gasteiger partial charge on any atom is -0.381 e. The summed E-state index contributed by atoms with van der Waals surface area (Å²) >= 11 is 0. The van der Waals surface area contributed by atoms with Gasteiger partial charge >= 0.3 is 0 Å². The summed E-state index contributed by atoms with van der Waals surface area (Å²) in [6.45, 7) is 6.20. The molecule has 1 saturated heterocycles. The average molecular weight is 252 g/mol. The number of epoxide rings is 1. The fourth-order valence-electron chi connectivity index (χ4n) is 2.89. The summed E-state index contributed by atoms with van der Waals surface area (Å²) in [5.41, 5.74) is 1.32. The van der Waals surface area contributed by atoms with Gasteiger partial charge in [0, 0.05) is 25.4 Å². The fraction of sp³-hybridized carbons (Fsp3) is 0.800. The number of rotatable bonds is 4. The van der Waals surface area contributed by atoms with Crippen molar-refractivity contribution in [3.05, 3.63) is 11.6 Å². The van der Waals surface area contributed by atoms with E-state index in [-0.39, 0.29) is 24.0 Å². The quantitative estimate of drug-likeness (QED) is 0.570. The van der Waals surface area contributed by atoms with Gasteiger partial charge in [-0.15, -0.1) is 0 Å². The lowest BCUT2D eigenvalue weighted by Crippen LogP contribution is -2.39. The summed E-state index contributed by atoms with van der Waals surface area (Å²) in [4.78, 5) is 11.8. The first kappa shape index (κ1) is 13.8. The minimum absolute atomic E-state index is 0.140. The molecule has 5 atom stereocenters. The maximum atomic E-state index is 11.8. The summed E-state index contributed by atoms with van der Waals surface area (Å²) in [6, 6.07) is 0. The molecular formula is C15H24O3. The number of hydrogen-bond donors (Lipinski definition) is 0. The van der Waals surface area contributed by atoms with Crippen molar-refractivity contribution < 1.29 is 14.3 Å². The van der Waals surface area contributed by atoms with Gasteiger partial charge in [0.25, 0.3) is 0 Å². The molecule has 2 rings (SSSR count). The van der Waals surface area contributed by atoms with Gasteiger partial charge in [0.15, 0.2) is 0 Å². The third kappa shape index (κ3) is 3.01. The minimum atomic E-state index is 0.140. The Balaban J connectivity index is 1.92. The van der Waals surface area contributed by atoms with Crippen LogP contribution < -0.4 is 0 Å². The predicted octanol–water partition coefficient (Wildman–Crippen LogP) is 2.74. The summed E-state index contributed by atoms with van der Waals surface area (Å²) < 4.78 is 11.3. The molecule has 0 spiro atoms. The van der Waals surface area contributed by atoms with E-state index in [2.05, 4.69) is 19.9 Å². The van der Waals surface area contributed by atoms with E-state index in [0.717, 1.165) is 12.8 Å². The highest BCUT2D eigenvalue weighted by Crippen LogP contribution is 2.41. The summed E-state index contributed by atoms with van der Waals surface area (Å²) in [5, 5.41) is 0. The molecule has 18 heavy (non-hydrogen) atoms. The molecule has 1 aliphatic carbocycles. The summed E-state index contributed by atoms with van der Waals surface area (Å²) in [5.74, 6) is 0.764. The predicted molar refractivity (Wildman–Crippen MR) is 70.4 cm³/mol. The van der Waals surface area contributed by atoms with Gasteiger partial charge in [-0.2, -0.15) is 0 Å². The first-order chi connectivity index (χ1) is 8.52. The average Bonchev–Trinajstić information content (AvgIpc) is 3.08. The van der Waals surface area contributed by atoms with Gasteiger partial charge in [-0.25, -0.2) is 0 Å². The van der Waals surface area contributed by atoms with Crippen molar-refractivity contribution in [1.29, 1.82) is 0 Å². The van der Waals surface area contributed by atoms with Crippen molar-refractivity contribution in [3.63, 3.8) is 0 Å². The number of ether oxygens (including phenoxy) is 2. The van der Waals surface area contributed by atoms with Crippen molar-refractivity contribution in [2.75, 3.05) is 7.11 Å². The first-order valence-electron chi connectivity index (χ1n) is 6.87. The molecule has 2 aliphatic rings. The molecule has 0 N–H and O–H groups in total. The molecular weight excluding hydrogens is 228 g/mol. The normalized spacial score (nSPS) is 39.6. The van der Waals surface area contributed by atoms with Crippen LogP contribution in [0.15, 0.2) is 11.6 Å². The SMILES string of the molecule is COC1CC(C)C(=O)CC1C1OC1CC=C(C)C. The van der Waals surface area contributed by atoms with Gasteiger partial charge in [0.05, 0.1) is 18.3 Å². The zero-order chi connectivity index (χ0) is 13.3. The lowest BCUT2D eigenvalue weighted by molar-refractivity contribution is -0.130. The third-order valence-corrected chi connectivity index (χ3v) is 4.15. The monoisotopic (exact) mass is 252 g/mol. The molecule has 3 nitrogen and oxygen atoms in total. The van der Waals surface area contributed by atoms with Crippen LogP contribution in [-0.2, 0) is 14.3 Å². The Labute approximate surface area is 110 Å². The smallest absolute Gasteiger partial charge is 0.136 e. The zero-order valence-corrected chi connectivity index (χ0v) is 11.8. The molecule has 1 aliphatic heterocycles. The molecule has 102 valence electrons. The highest BCUT2D eigenvalue weighted by molar-refractivity contribution is 5.82. The molecule has 0 radical (unpaired) electrons. The van der Waals surface area contributed by atoms with E-state index in [4.69, 9.17) is 9.47 Å². The van der Waals surface area contributed by atoms with Gasteiger partial charge < -0.3 is 9.47 Å². The zero-order valence-electron chi connectivity index (χ0n) is 11.8. The second-order valence-corrected chi connectivity index (χ2v) is 5.90. The Morgan fingerprint density at radius 1 is 1.50 bits per heavy atom. The molecule has 3 heteroatoms. The largest absolute Gasteiger partial charge is 0.381 e. The third-order valence-electron chi connectivity index (χ3n) is 4.15. The van der Waals surface area contributed by atoms with Crippen LogP contribution in [0, 0.1) is 11.8 Å². The van der Waals surface area contributed by atoms with E-state index in [1.54, 1.807) is 7.11 Å². The Morgan fingerprint density at radius 2 is 2.22 bits per heavy atom. The van der Waals surface area contributed by atoms with Crippen LogP contribution in [0.25, 0.3) is 0 Å². The number of Topliss-reactive ketones (excluding diaryl/α,β-unsaturated/α-hetero) is 1. The maximum Gasteiger partial charge on any atom is 0.136 e. The van der Waals surface area contributed by atoms with E-state index in [9.17, 15) is 4.79 Å². The lowest BCUT2D eigenvalue weighted by atomic mass is 9.77. The van der Waals surface area contributed by atoms with Crippen molar-refractivity contribution in [1.82, 2.24) is 0 Å². The number of ketones is 1. The second-order valence-electron chi connectivity index (χ2n) is 5.90. The molecule has 0 bridgehead atoms. The van der Waals surface area contributed by atoms with E-state index in [1.165, 1.54) is 5.57 Å². The standard InChI is InChI=1S/C15H24O3/c1-9(2)5-6-13-15(18-13)11-8-12(16)10(3)7-14(11)17-4/h5,10-11,13-15H,6-8H2,1-4H3. The number of carbonyl (C=O) groups is 1. The van der Waals surface area contributed by atoms with Crippen LogP contribution in [0.3, 0.4) is 0 Å². The molecule has 1 heterocycles. The maximum absolute atomic E-state index is 11.8. The number of hydrogen-bond acceptors (Lipinski definition) is 3. The van der Waals surface area contributed by atoms with Crippen molar-refractivity contribution in [3.8, 4) is 0 Å². The van der Waals surface area contributed by atoms with E-state index in [1.807, 2.05) is 6.92 Å². The molecule has 0 aromatic rings. The van der Waals surface area contributed by atoms with Crippen LogP contribution in [0.5, 0.6) is 0 Å². The van der Waals surface area contributed by atoms with Gasteiger partial charge in [-0.05, 0) is 26.7 Å². The summed E-state index contributed by atoms with van der Waals surface area (Å²) in [6.07, 6.45) is 5.33. The first-order valence-corrected chi connectivity index (χ1v) is 6.87. The van der Waals surface area contributed by atoms with Crippen molar-refractivity contribution in [2.45, 2.75) is 58.3 Å². The summed E-state index contributed by atoms with van der Waals surface area (Å²) in [7, 11) is 1.74. The fourth-order valence-corrected chi connectivity index (χ4v) is 2.89. The van der Waals surface area contributed by atoms with E-state index < -0.39 is 0 Å². The Kier molecular flexibility index (Phi) is 4.23. The van der Waals surface area contributed by atoms with Gasteiger partial charge in [0.1, 0.15) is 5.78 Å². The van der Waals surface area contributed by atoms with Crippen LogP contribution in [0.1, 0.15) is 40.0 Å². The van der Waals surface area contributed by atoms with Gasteiger partial charge in [-0.3, -0.25) is 4.79 Å². The highest BCUT2D eigenvalue weighted by atomic mass is 16.6. The Bertz CT molecular complexity index is 344. The molecule has 1 saturated carbocycles. The van der Waals surface area contributed by atoms with E-state index in [0.29, 0.717) is 18.3 Å². The Hall–Kier alpha value is -0.670. The number of methoxy groups -OCH3 is 1. The van der Waals surface area contributed by atoms with Gasteiger partial charge in [-0.1, -0.05) is 18.6 Å². The molecule has 5 unspecified atom stereocenters. The highest BCUT2D eigenvalue weighted by Gasteiger charge is 2.50. The molecule has 0 aromatic carbocycles. The van der Waals surface area contributed by atoms with Gasteiger partial charge in [0.2, 0.25) is 0 Å². The molecule has 2 fully saturated rings.